The maximum Gasteiger partial charge on any atom is 0.124 e. The third kappa shape index (κ3) is 1.62. The van der Waals surface area contributed by atoms with Gasteiger partial charge in [0.15, 0.2) is 0 Å². The molecule has 0 saturated carbocycles. The third-order valence-electron chi connectivity index (χ3n) is 3.65. The van der Waals surface area contributed by atoms with Crippen molar-refractivity contribution >= 4 is 27.8 Å². The summed E-state index contributed by atoms with van der Waals surface area (Å²) in [6, 6.07) is 8.38. The van der Waals surface area contributed by atoms with Crippen molar-refractivity contribution in [2.45, 2.75) is 6.92 Å². The van der Waals surface area contributed by atoms with E-state index in [2.05, 4.69) is 15.2 Å². The molecular weight excluding hydrogens is 269 g/mol. The van der Waals surface area contributed by atoms with Crippen molar-refractivity contribution in [3.63, 3.8) is 0 Å². The highest BCUT2D eigenvalue weighted by Crippen LogP contribution is 2.31. The van der Waals surface area contributed by atoms with Crippen LogP contribution in [0.3, 0.4) is 0 Å². The van der Waals surface area contributed by atoms with Crippen LogP contribution in [0.1, 0.15) is 5.69 Å². The summed E-state index contributed by atoms with van der Waals surface area (Å²) >= 11 is 0. The minimum atomic E-state index is -0.275. The Bertz CT molecular complexity index is 982. The SMILES string of the molecule is Cc1nc(N)ccc1-n1c2ccc(F)cc2c2[nH]ncc21. The highest BCUT2D eigenvalue weighted by Gasteiger charge is 2.16. The van der Waals surface area contributed by atoms with Gasteiger partial charge in [-0.1, -0.05) is 0 Å². The summed E-state index contributed by atoms with van der Waals surface area (Å²) in [5.74, 6) is 0.200. The summed E-state index contributed by atoms with van der Waals surface area (Å²) in [6.07, 6.45) is 1.73. The number of benzene rings is 1. The second-order valence-electron chi connectivity index (χ2n) is 4.97. The van der Waals surface area contributed by atoms with Crippen molar-refractivity contribution in [1.82, 2.24) is 19.7 Å². The van der Waals surface area contributed by atoms with Gasteiger partial charge < -0.3 is 10.3 Å². The van der Waals surface area contributed by atoms with Gasteiger partial charge in [-0.25, -0.2) is 9.37 Å². The third-order valence-corrected chi connectivity index (χ3v) is 3.65. The van der Waals surface area contributed by atoms with E-state index in [1.54, 1.807) is 18.3 Å². The number of aromatic amines is 1. The Hall–Kier alpha value is -2.89. The molecule has 0 amide bonds. The number of aryl methyl sites for hydroxylation is 1. The normalized spacial score (nSPS) is 11.5. The number of halogens is 1. The predicted molar refractivity (Wildman–Crippen MR) is 79.8 cm³/mol. The average molecular weight is 281 g/mol. The first-order valence-electron chi connectivity index (χ1n) is 6.51. The zero-order chi connectivity index (χ0) is 14.6. The maximum atomic E-state index is 13.5. The molecule has 0 aliphatic carbocycles. The summed E-state index contributed by atoms with van der Waals surface area (Å²) < 4.78 is 15.6. The Morgan fingerprint density at radius 3 is 2.86 bits per heavy atom. The zero-order valence-corrected chi connectivity index (χ0v) is 11.3. The number of nitrogens with zero attached hydrogens (tertiary/aromatic N) is 3. The lowest BCUT2D eigenvalue weighted by atomic mass is 10.2. The van der Waals surface area contributed by atoms with E-state index in [-0.39, 0.29) is 5.82 Å². The lowest BCUT2D eigenvalue weighted by Crippen LogP contribution is -2.01. The van der Waals surface area contributed by atoms with Crippen LogP contribution < -0.4 is 5.73 Å². The fraction of sp³-hybridized carbons (Fsp3) is 0.0667. The number of anilines is 1. The molecule has 0 spiro atoms. The molecule has 0 unspecified atom stereocenters. The summed E-state index contributed by atoms with van der Waals surface area (Å²) in [4.78, 5) is 4.30. The Labute approximate surface area is 119 Å². The van der Waals surface area contributed by atoms with Gasteiger partial charge in [0.25, 0.3) is 0 Å². The number of rotatable bonds is 1. The number of hydrogen-bond donors (Lipinski definition) is 2. The molecule has 0 saturated heterocycles. The van der Waals surface area contributed by atoms with Crippen LogP contribution in [0, 0.1) is 12.7 Å². The van der Waals surface area contributed by atoms with E-state index < -0.39 is 0 Å². The highest BCUT2D eigenvalue weighted by atomic mass is 19.1. The lowest BCUT2D eigenvalue weighted by Gasteiger charge is -2.09. The van der Waals surface area contributed by atoms with Crippen molar-refractivity contribution in [1.29, 1.82) is 0 Å². The fourth-order valence-corrected chi connectivity index (χ4v) is 2.75. The van der Waals surface area contributed by atoms with Gasteiger partial charge in [-0.2, -0.15) is 5.10 Å². The van der Waals surface area contributed by atoms with E-state index in [4.69, 9.17) is 5.73 Å². The van der Waals surface area contributed by atoms with Crippen LogP contribution in [-0.4, -0.2) is 19.7 Å². The summed E-state index contributed by atoms with van der Waals surface area (Å²) in [7, 11) is 0. The Morgan fingerprint density at radius 1 is 1.19 bits per heavy atom. The van der Waals surface area contributed by atoms with Crippen LogP contribution in [0.2, 0.25) is 0 Å². The van der Waals surface area contributed by atoms with Gasteiger partial charge in [-0.15, -0.1) is 0 Å². The van der Waals surface area contributed by atoms with Crippen molar-refractivity contribution in [2.24, 2.45) is 0 Å². The summed E-state index contributed by atoms with van der Waals surface area (Å²) in [6.45, 7) is 1.90. The van der Waals surface area contributed by atoms with E-state index in [9.17, 15) is 4.39 Å². The van der Waals surface area contributed by atoms with Crippen LogP contribution >= 0.6 is 0 Å². The van der Waals surface area contributed by atoms with Gasteiger partial charge in [0, 0.05) is 5.39 Å². The summed E-state index contributed by atoms with van der Waals surface area (Å²) in [5.41, 5.74) is 10.0. The van der Waals surface area contributed by atoms with Gasteiger partial charge in [0.2, 0.25) is 0 Å². The molecule has 4 aromatic rings. The zero-order valence-electron chi connectivity index (χ0n) is 11.3. The molecule has 5 nitrogen and oxygen atoms in total. The van der Waals surface area contributed by atoms with Crippen molar-refractivity contribution < 1.29 is 4.39 Å². The molecule has 0 atom stereocenters. The smallest absolute Gasteiger partial charge is 0.124 e. The molecule has 1 aromatic carbocycles. The molecule has 3 aromatic heterocycles. The van der Waals surface area contributed by atoms with Crippen LogP contribution in [0.25, 0.3) is 27.6 Å². The fourth-order valence-electron chi connectivity index (χ4n) is 2.75. The molecule has 0 aliphatic heterocycles. The average Bonchev–Trinajstić information content (AvgIpc) is 3.00. The quantitative estimate of drug-likeness (QED) is 0.563. The Balaban J connectivity index is 2.17. The number of nitrogens with one attached hydrogen (secondary N) is 1. The number of fused-ring (bicyclic) bond motifs is 3. The maximum absolute atomic E-state index is 13.5. The van der Waals surface area contributed by atoms with E-state index in [1.807, 2.05) is 17.6 Å². The van der Waals surface area contributed by atoms with Crippen LogP contribution in [-0.2, 0) is 0 Å². The van der Waals surface area contributed by atoms with Crippen molar-refractivity contribution in [3.8, 4) is 5.69 Å². The number of hydrogen-bond acceptors (Lipinski definition) is 3. The molecule has 21 heavy (non-hydrogen) atoms. The standard InChI is InChI=1S/C15H12FN5/c1-8-11(4-5-14(17)19-8)21-12-3-2-9(16)6-10(12)15-13(21)7-18-20-15/h2-7H,1H3,(H2,17,19)(H,18,20). The van der Waals surface area contributed by atoms with Gasteiger partial charge in [-0.3, -0.25) is 5.10 Å². The second kappa shape index (κ2) is 4.05. The molecule has 0 radical (unpaired) electrons. The molecular formula is C15H12FN5. The van der Waals surface area contributed by atoms with Gasteiger partial charge in [0.1, 0.15) is 11.6 Å². The molecule has 0 bridgehead atoms. The van der Waals surface area contributed by atoms with Gasteiger partial charge in [0.05, 0.1) is 34.1 Å². The number of nitrogens with two attached hydrogens (primary N) is 1. The molecule has 6 heteroatoms. The first-order valence-corrected chi connectivity index (χ1v) is 6.51. The lowest BCUT2D eigenvalue weighted by molar-refractivity contribution is 0.629. The van der Waals surface area contributed by atoms with E-state index in [0.717, 1.165) is 33.3 Å². The summed E-state index contributed by atoms with van der Waals surface area (Å²) in [5, 5.41) is 7.78. The number of nitrogen functional groups attached to an aromatic ring is 1. The molecule has 4 rings (SSSR count). The van der Waals surface area contributed by atoms with Gasteiger partial charge >= 0.3 is 0 Å². The molecule has 104 valence electrons. The Morgan fingerprint density at radius 2 is 2.05 bits per heavy atom. The van der Waals surface area contributed by atoms with Crippen molar-refractivity contribution in [3.05, 3.63) is 48.0 Å². The monoisotopic (exact) mass is 281 g/mol. The molecule has 0 aliphatic rings. The molecule has 3 heterocycles. The van der Waals surface area contributed by atoms with Crippen LogP contribution in [0.15, 0.2) is 36.5 Å². The second-order valence-corrected chi connectivity index (χ2v) is 4.97. The molecule has 0 fully saturated rings. The van der Waals surface area contributed by atoms with E-state index in [1.165, 1.54) is 12.1 Å². The largest absolute Gasteiger partial charge is 0.384 e. The predicted octanol–water partition coefficient (Wildman–Crippen LogP) is 2.93. The first-order chi connectivity index (χ1) is 10.1. The topological polar surface area (TPSA) is 72.5 Å². The minimum Gasteiger partial charge on any atom is -0.384 e. The minimum absolute atomic E-state index is 0.275. The van der Waals surface area contributed by atoms with Gasteiger partial charge in [-0.05, 0) is 37.3 Å². The molecule has 3 N–H and O–H groups in total. The highest BCUT2D eigenvalue weighted by molar-refractivity contribution is 6.06. The van der Waals surface area contributed by atoms with Crippen LogP contribution in [0.5, 0.6) is 0 Å². The van der Waals surface area contributed by atoms with E-state index >= 15 is 0 Å². The first kappa shape index (κ1) is 11.9. The number of H-pyrrole nitrogens is 1. The number of pyridine rings is 1. The van der Waals surface area contributed by atoms with Crippen molar-refractivity contribution in [2.75, 3.05) is 5.73 Å². The number of aromatic nitrogens is 4. The van der Waals surface area contributed by atoms with Crippen LogP contribution in [0.4, 0.5) is 10.2 Å². The van der Waals surface area contributed by atoms with E-state index in [0.29, 0.717) is 5.82 Å². The Kier molecular flexibility index (Phi) is 2.29.